The van der Waals surface area contributed by atoms with Crippen LogP contribution >= 0.6 is 15.6 Å². The number of phosphoric ester groups is 2. The lowest BCUT2D eigenvalue weighted by atomic mass is 10.0. The van der Waals surface area contributed by atoms with E-state index >= 15 is 0 Å². The van der Waals surface area contributed by atoms with E-state index < -0.39 is 97.5 Å². The molecule has 0 aliphatic rings. The average Bonchev–Trinajstić information content (AvgIpc) is 1.02. The minimum Gasteiger partial charge on any atom is -0.462 e. The van der Waals surface area contributed by atoms with E-state index in [-0.39, 0.29) is 25.7 Å². The van der Waals surface area contributed by atoms with Gasteiger partial charge in [-0.15, -0.1) is 0 Å². The maximum absolute atomic E-state index is 13.1. The number of esters is 4. The molecular weight excluding hydrogens is 1280 g/mol. The average molecular weight is 1440 g/mol. The van der Waals surface area contributed by atoms with Crippen molar-refractivity contribution in [2.45, 2.75) is 438 Å². The molecule has 2 unspecified atom stereocenters. The maximum atomic E-state index is 13.1. The van der Waals surface area contributed by atoms with Crippen LogP contribution in [0.5, 0.6) is 0 Å². The van der Waals surface area contributed by atoms with Crippen LogP contribution in [0.2, 0.25) is 0 Å². The molecule has 0 rings (SSSR count). The number of hydrogen-bond acceptors (Lipinski definition) is 15. The fourth-order valence-electron chi connectivity index (χ4n) is 12.2. The first-order chi connectivity index (χ1) is 47.5. The molecule has 3 N–H and O–H groups in total. The lowest BCUT2D eigenvalue weighted by Gasteiger charge is -2.21. The van der Waals surface area contributed by atoms with Gasteiger partial charge in [-0.05, 0) is 31.6 Å². The normalized spacial score (nSPS) is 13.9. The van der Waals surface area contributed by atoms with E-state index in [1.165, 1.54) is 238 Å². The third kappa shape index (κ3) is 72.4. The van der Waals surface area contributed by atoms with Gasteiger partial charge in [0.2, 0.25) is 0 Å². The number of hydrogen-bond donors (Lipinski definition) is 3. The monoisotopic (exact) mass is 1440 g/mol. The number of carbonyl (C=O) groups excluding carboxylic acids is 4. The second kappa shape index (κ2) is 72.0. The van der Waals surface area contributed by atoms with Gasteiger partial charge in [0.05, 0.1) is 26.4 Å². The number of aliphatic hydroxyl groups excluding tert-OH is 1. The van der Waals surface area contributed by atoms with Crippen LogP contribution in [0.4, 0.5) is 0 Å². The van der Waals surface area contributed by atoms with E-state index in [0.29, 0.717) is 25.7 Å². The number of phosphoric acid groups is 2. The first-order valence-electron chi connectivity index (χ1n) is 41.1. The van der Waals surface area contributed by atoms with Crippen LogP contribution in [0.1, 0.15) is 420 Å². The Morgan fingerprint density at radius 3 is 0.694 bits per heavy atom. The summed E-state index contributed by atoms with van der Waals surface area (Å²) in [6.07, 6.45) is 62.9. The van der Waals surface area contributed by atoms with Crippen molar-refractivity contribution in [1.29, 1.82) is 0 Å². The molecule has 0 aliphatic carbocycles. The summed E-state index contributed by atoms with van der Waals surface area (Å²) in [4.78, 5) is 72.7. The summed E-state index contributed by atoms with van der Waals surface area (Å²) < 4.78 is 68.4. The number of aliphatic hydroxyl groups is 1. The van der Waals surface area contributed by atoms with E-state index in [0.717, 1.165) is 102 Å². The highest BCUT2D eigenvalue weighted by atomic mass is 31.2. The summed E-state index contributed by atoms with van der Waals surface area (Å²) >= 11 is 0. The second-order valence-electron chi connectivity index (χ2n) is 28.9. The first kappa shape index (κ1) is 96.1. The molecule has 0 amide bonds. The zero-order chi connectivity index (χ0) is 71.9. The summed E-state index contributed by atoms with van der Waals surface area (Å²) in [7, 11) is -9.91. The van der Waals surface area contributed by atoms with E-state index in [9.17, 15) is 43.2 Å². The Morgan fingerprint density at radius 2 is 0.469 bits per heavy atom. The molecule has 0 radical (unpaired) electrons. The zero-order valence-corrected chi connectivity index (χ0v) is 65.7. The Balaban J connectivity index is 5.12. The predicted octanol–water partition coefficient (Wildman–Crippen LogP) is 23.6. The smallest absolute Gasteiger partial charge is 0.462 e. The number of rotatable bonds is 79. The van der Waals surface area contributed by atoms with Crippen LogP contribution < -0.4 is 0 Å². The molecule has 17 nitrogen and oxygen atoms in total. The Hall–Kier alpha value is -1.94. The maximum Gasteiger partial charge on any atom is 0.472 e. The summed E-state index contributed by atoms with van der Waals surface area (Å²) in [6.45, 7) is 7.26. The quantitative estimate of drug-likeness (QED) is 0.0222. The highest BCUT2D eigenvalue weighted by molar-refractivity contribution is 7.47. The molecule has 0 bridgehead atoms. The summed E-state index contributed by atoms with van der Waals surface area (Å²) in [5.74, 6) is -1.31. The summed E-state index contributed by atoms with van der Waals surface area (Å²) in [6, 6.07) is 0. The number of ether oxygens (including phenoxy) is 4. The molecule has 0 saturated carbocycles. The van der Waals surface area contributed by atoms with Crippen LogP contribution in [-0.4, -0.2) is 96.7 Å². The highest BCUT2D eigenvalue weighted by Crippen LogP contribution is 2.45. The minimum atomic E-state index is -4.96. The lowest BCUT2D eigenvalue weighted by molar-refractivity contribution is -0.161. The topological polar surface area (TPSA) is 237 Å². The molecule has 0 aromatic heterocycles. The number of unbranched alkanes of at least 4 members (excludes halogenated alkanes) is 51. The van der Waals surface area contributed by atoms with Crippen molar-refractivity contribution in [3.05, 3.63) is 0 Å². The first-order valence-corrected chi connectivity index (χ1v) is 44.1. The van der Waals surface area contributed by atoms with Crippen LogP contribution in [0.3, 0.4) is 0 Å². The minimum absolute atomic E-state index is 0.108. The fourth-order valence-corrected chi connectivity index (χ4v) is 13.8. The standard InChI is InChI=1S/C79H154O17P2/c1-6-9-12-15-17-19-21-23-25-27-32-36-40-44-48-53-58-63-77(82)90-69-75(96-79(84)65-60-55-50-46-42-38-34-30-29-31-35-39-43-47-52-56-61-72(4)5)71-94-98(87,88)92-67-73(80)66-91-97(85,86)93-70-74(68-89-76(81)62-57-51-14-11-8-3)95-78(83)64-59-54-49-45-41-37-33-28-26-24-22-20-18-16-13-10-7-2/h72-75,80H,6-71H2,1-5H3,(H,85,86)(H,87,88)/t73-,74+,75+/m0/s1. The Morgan fingerprint density at radius 1 is 0.276 bits per heavy atom. The molecule has 0 fully saturated rings. The number of carbonyl (C=O) groups is 4. The lowest BCUT2D eigenvalue weighted by Crippen LogP contribution is -2.30. The third-order valence-electron chi connectivity index (χ3n) is 18.5. The van der Waals surface area contributed by atoms with Gasteiger partial charge >= 0.3 is 39.5 Å². The molecular formula is C79H154O17P2. The van der Waals surface area contributed by atoms with Crippen LogP contribution in [0, 0.1) is 5.92 Å². The fraction of sp³-hybridized carbons (Fsp3) is 0.949. The van der Waals surface area contributed by atoms with Crippen molar-refractivity contribution in [3.63, 3.8) is 0 Å². The summed E-state index contributed by atoms with van der Waals surface area (Å²) in [5.41, 5.74) is 0. The molecule has 19 heteroatoms. The van der Waals surface area contributed by atoms with E-state index in [1.807, 2.05) is 0 Å². The van der Waals surface area contributed by atoms with Crippen LogP contribution in [0.15, 0.2) is 0 Å². The molecule has 0 spiro atoms. The summed E-state index contributed by atoms with van der Waals surface area (Å²) in [5, 5.41) is 10.6. The van der Waals surface area contributed by atoms with Crippen molar-refractivity contribution >= 4 is 39.5 Å². The molecule has 5 atom stereocenters. The van der Waals surface area contributed by atoms with Gasteiger partial charge < -0.3 is 33.8 Å². The third-order valence-corrected chi connectivity index (χ3v) is 20.4. The van der Waals surface area contributed by atoms with Crippen LogP contribution in [-0.2, 0) is 65.4 Å². The second-order valence-corrected chi connectivity index (χ2v) is 31.8. The Kier molecular flexibility index (Phi) is 70.6. The van der Waals surface area contributed by atoms with E-state index in [1.54, 1.807) is 0 Å². The van der Waals surface area contributed by atoms with Gasteiger partial charge in [-0.3, -0.25) is 37.3 Å². The molecule has 98 heavy (non-hydrogen) atoms. The predicted molar refractivity (Wildman–Crippen MR) is 400 cm³/mol. The van der Waals surface area contributed by atoms with Gasteiger partial charge in [0.15, 0.2) is 12.2 Å². The Labute approximate surface area is 600 Å². The van der Waals surface area contributed by atoms with Gasteiger partial charge in [-0.2, -0.15) is 0 Å². The van der Waals surface area contributed by atoms with E-state index in [4.69, 9.17) is 37.0 Å². The molecule has 582 valence electrons. The van der Waals surface area contributed by atoms with Gasteiger partial charge in [0, 0.05) is 25.7 Å². The molecule has 0 heterocycles. The molecule has 0 aromatic carbocycles. The van der Waals surface area contributed by atoms with Crippen molar-refractivity contribution in [1.82, 2.24) is 0 Å². The largest absolute Gasteiger partial charge is 0.472 e. The Bertz CT molecular complexity index is 1870. The van der Waals surface area contributed by atoms with Crippen LogP contribution in [0.25, 0.3) is 0 Å². The van der Waals surface area contributed by atoms with Crippen molar-refractivity contribution in [2.75, 3.05) is 39.6 Å². The van der Waals surface area contributed by atoms with Crippen molar-refractivity contribution in [2.24, 2.45) is 5.92 Å². The highest BCUT2D eigenvalue weighted by Gasteiger charge is 2.30. The van der Waals surface area contributed by atoms with Gasteiger partial charge in [-0.1, -0.05) is 369 Å². The van der Waals surface area contributed by atoms with Gasteiger partial charge in [0.25, 0.3) is 0 Å². The molecule has 0 aromatic rings. The van der Waals surface area contributed by atoms with E-state index in [2.05, 4.69) is 34.6 Å². The molecule has 0 saturated heterocycles. The van der Waals surface area contributed by atoms with Gasteiger partial charge in [-0.25, -0.2) is 9.13 Å². The van der Waals surface area contributed by atoms with Gasteiger partial charge in [0.1, 0.15) is 19.3 Å². The van der Waals surface area contributed by atoms with Crippen molar-refractivity contribution < 1.29 is 80.2 Å². The molecule has 0 aliphatic heterocycles. The zero-order valence-electron chi connectivity index (χ0n) is 63.9. The van der Waals surface area contributed by atoms with Crippen molar-refractivity contribution in [3.8, 4) is 0 Å². The SMILES string of the molecule is CCCCCCCCCCCCCCCCCCCC(=O)OC[C@H](COP(=O)(O)OC[C@@H](O)COP(=O)(O)OC[C@@H](COC(=O)CCCCCCC)OC(=O)CCCCCCCCCCCCCCCCCCC)OC(=O)CCCCCCCCCCCCCCCCCCC(C)C.